The fraction of sp³-hybridized carbons (Fsp3) is 0.286. The third kappa shape index (κ3) is 2.31. The first-order valence-electron chi connectivity index (χ1n) is 5.72. The average Bonchev–Trinajstić information content (AvgIpc) is 2.44. The number of carbonyl (C=O) groups excluding carboxylic acids is 1. The summed E-state index contributed by atoms with van der Waals surface area (Å²) in [5, 5.41) is 0.766. The van der Waals surface area contributed by atoms with E-state index in [0.29, 0.717) is 22.6 Å². The number of nitrogens with zero attached hydrogens (tertiary/aromatic N) is 1. The highest BCUT2D eigenvalue weighted by atomic mass is 16.5. The second-order valence-electron chi connectivity index (χ2n) is 4.02. The van der Waals surface area contributed by atoms with Gasteiger partial charge in [0.15, 0.2) is 0 Å². The Balaban J connectivity index is 2.74. The number of aromatic nitrogens is 1. The number of rotatable bonds is 3. The van der Waals surface area contributed by atoms with Gasteiger partial charge in [-0.15, -0.1) is 0 Å². The SMILES string of the molecule is COC(=O)c1cc(OC)c2nc(C)c(OC)cc2c1. The Morgan fingerprint density at radius 1 is 1.05 bits per heavy atom. The predicted octanol–water partition coefficient (Wildman–Crippen LogP) is 2.35. The third-order valence-corrected chi connectivity index (χ3v) is 2.89. The van der Waals surface area contributed by atoms with E-state index in [4.69, 9.17) is 14.2 Å². The van der Waals surface area contributed by atoms with Gasteiger partial charge < -0.3 is 14.2 Å². The molecule has 1 aromatic heterocycles. The standard InChI is InChI=1S/C14H15NO4/c1-8-11(17-2)6-9-5-10(14(16)19-4)7-12(18-3)13(9)15-8/h5-7H,1-4H3. The molecule has 0 unspecified atom stereocenters. The van der Waals surface area contributed by atoms with E-state index in [2.05, 4.69) is 4.98 Å². The van der Waals surface area contributed by atoms with E-state index in [1.807, 2.05) is 13.0 Å². The van der Waals surface area contributed by atoms with Crippen LogP contribution < -0.4 is 9.47 Å². The summed E-state index contributed by atoms with van der Waals surface area (Å²) in [6, 6.07) is 5.15. The Kier molecular flexibility index (Phi) is 3.55. The third-order valence-electron chi connectivity index (χ3n) is 2.89. The van der Waals surface area contributed by atoms with E-state index >= 15 is 0 Å². The molecule has 1 aromatic carbocycles. The van der Waals surface area contributed by atoms with E-state index in [9.17, 15) is 4.79 Å². The molecule has 5 heteroatoms. The second kappa shape index (κ2) is 5.14. The van der Waals surface area contributed by atoms with Crippen LogP contribution in [0.3, 0.4) is 0 Å². The highest BCUT2D eigenvalue weighted by Gasteiger charge is 2.14. The van der Waals surface area contributed by atoms with E-state index in [0.717, 1.165) is 11.1 Å². The number of ether oxygens (including phenoxy) is 3. The summed E-state index contributed by atoms with van der Waals surface area (Å²) >= 11 is 0. The number of benzene rings is 1. The molecule has 19 heavy (non-hydrogen) atoms. The first-order chi connectivity index (χ1) is 9.10. The molecule has 0 spiro atoms. The van der Waals surface area contributed by atoms with Gasteiger partial charge in [-0.05, 0) is 25.1 Å². The van der Waals surface area contributed by atoms with Crippen LogP contribution in [0, 0.1) is 6.92 Å². The smallest absolute Gasteiger partial charge is 0.338 e. The summed E-state index contributed by atoms with van der Waals surface area (Å²) in [4.78, 5) is 16.1. The monoisotopic (exact) mass is 261 g/mol. The molecule has 0 atom stereocenters. The van der Waals surface area contributed by atoms with Crippen LogP contribution in [0.5, 0.6) is 11.5 Å². The molecule has 0 radical (unpaired) electrons. The zero-order valence-electron chi connectivity index (χ0n) is 11.3. The quantitative estimate of drug-likeness (QED) is 0.794. The van der Waals surface area contributed by atoms with Crippen LogP contribution in [-0.2, 0) is 4.74 Å². The molecule has 0 fully saturated rings. The molecule has 2 aromatic rings. The van der Waals surface area contributed by atoms with Crippen molar-refractivity contribution >= 4 is 16.9 Å². The fourth-order valence-corrected chi connectivity index (χ4v) is 1.93. The Hall–Kier alpha value is -2.30. The van der Waals surface area contributed by atoms with Crippen molar-refractivity contribution in [3.63, 3.8) is 0 Å². The van der Waals surface area contributed by atoms with Crippen molar-refractivity contribution in [1.82, 2.24) is 4.98 Å². The first kappa shape index (κ1) is 13.1. The number of methoxy groups -OCH3 is 3. The lowest BCUT2D eigenvalue weighted by molar-refractivity contribution is 0.0600. The van der Waals surface area contributed by atoms with Gasteiger partial charge in [0.2, 0.25) is 0 Å². The molecule has 5 nitrogen and oxygen atoms in total. The Labute approximate surface area is 111 Å². The molecule has 2 rings (SSSR count). The summed E-state index contributed by atoms with van der Waals surface area (Å²) in [7, 11) is 4.46. The van der Waals surface area contributed by atoms with Gasteiger partial charge in [-0.25, -0.2) is 9.78 Å². The average molecular weight is 261 g/mol. The summed E-state index contributed by atoms with van der Waals surface area (Å²) in [5.74, 6) is 0.778. The van der Waals surface area contributed by atoms with Crippen LogP contribution in [0.2, 0.25) is 0 Å². The van der Waals surface area contributed by atoms with Crippen molar-refractivity contribution in [1.29, 1.82) is 0 Å². The van der Waals surface area contributed by atoms with Gasteiger partial charge in [0, 0.05) is 5.39 Å². The fourth-order valence-electron chi connectivity index (χ4n) is 1.93. The highest BCUT2D eigenvalue weighted by Crippen LogP contribution is 2.30. The van der Waals surface area contributed by atoms with Crippen LogP contribution in [-0.4, -0.2) is 32.3 Å². The van der Waals surface area contributed by atoms with Gasteiger partial charge >= 0.3 is 5.97 Å². The number of aryl methyl sites for hydroxylation is 1. The molecule has 0 N–H and O–H groups in total. The summed E-state index contributed by atoms with van der Waals surface area (Å²) in [5.41, 5.74) is 1.87. The van der Waals surface area contributed by atoms with Gasteiger partial charge in [-0.1, -0.05) is 0 Å². The molecule has 0 saturated carbocycles. The number of pyridine rings is 1. The van der Waals surface area contributed by atoms with E-state index in [1.54, 1.807) is 19.2 Å². The first-order valence-corrected chi connectivity index (χ1v) is 5.72. The molecule has 100 valence electrons. The Bertz CT molecular complexity index is 637. The Morgan fingerprint density at radius 2 is 1.74 bits per heavy atom. The van der Waals surface area contributed by atoms with Gasteiger partial charge in [-0.2, -0.15) is 0 Å². The number of fused-ring (bicyclic) bond motifs is 1. The van der Waals surface area contributed by atoms with Gasteiger partial charge in [0.05, 0.1) is 32.6 Å². The molecule has 0 bridgehead atoms. The van der Waals surface area contributed by atoms with Crippen molar-refractivity contribution in [3.05, 3.63) is 29.5 Å². The van der Waals surface area contributed by atoms with Crippen molar-refractivity contribution < 1.29 is 19.0 Å². The molecule has 0 aliphatic heterocycles. The van der Waals surface area contributed by atoms with Crippen molar-refractivity contribution in [3.8, 4) is 11.5 Å². The van der Waals surface area contributed by atoms with Gasteiger partial charge in [0.1, 0.15) is 17.0 Å². The van der Waals surface area contributed by atoms with E-state index in [1.165, 1.54) is 14.2 Å². The van der Waals surface area contributed by atoms with Crippen molar-refractivity contribution in [2.24, 2.45) is 0 Å². The van der Waals surface area contributed by atoms with Gasteiger partial charge in [-0.3, -0.25) is 0 Å². The van der Waals surface area contributed by atoms with Crippen LogP contribution in [0.25, 0.3) is 10.9 Å². The van der Waals surface area contributed by atoms with E-state index in [-0.39, 0.29) is 0 Å². The van der Waals surface area contributed by atoms with Crippen LogP contribution in [0.15, 0.2) is 18.2 Å². The van der Waals surface area contributed by atoms with Crippen molar-refractivity contribution in [2.45, 2.75) is 6.92 Å². The van der Waals surface area contributed by atoms with E-state index < -0.39 is 5.97 Å². The van der Waals surface area contributed by atoms with Gasteiger partial charge in [0.25, 0.3) is 0 Å². The minimum Gasteiger partial charge on any atom is -0.495 e. The molecule has 0 saturated heterocycles. The lowest BCUT2D eigenvalue weighted by Crippen LogP contribution is -2.03. The molecule has 1 heterocycles. The van der Waals surface area contributed by atoms with Crippen LogP contribution in [0.1, 0.15) is 16.1 Å². The largest absolute Gasteiger partial charge is 0.495 e. The normalized spacial score (nSPS) is 10.3. The minimum atomic E-state index is -0.417. The zero-order chi connectivity index (χ0) is 14.0. The van der Waals surface area contributed by atoms with Crippen LogP contribution >= 0.6 is 0 Å². The molecule has 0 aliphatic carbocycles. The highest BCUT2D eigenvalue weighted by molar-refractivity contribution is 5.97. The summed E-state index contributed by atoms with van der Waals surface area (Å²) in [6.07, 6.45) is 0. The maximum Gasteiger partial charge on any atom is 0.338 e. The number of hydrogen-bond donors (Lipinski definition) is 0. The lowest BCUT2D eigenvalue weighted by atomic mass is 10.1. The van der Waals surface area contributed by atoms with Crippen molar-refractivity contribution in [2.75, 3.05) is 21.3 Å². The maximum atomic E-state index is 11.6. The topological polar surface area (TPSA) is 57.7 Å². The number of carbonyl (C=O) groups is 1. The molecule has 0 amide bonds. The number of esters is 1. The molecular formula is C14H15NO4. The van der Waals surface area contributed by atoms with Crippen LogP contribution in [0.4, 0.5) is 0 Å². The summed E-state index contributed by atoms with van der Waals surface area (Å²) < 4.78 is 15.2. The lowest BCUT2D eigenvalue weighted by Gasteiger charge is -2.10. The Morgan fingerprint density at radius 3 is 2.32 bits per heavy atom. The molecular weight excluding hydrogens is 246 g/mol. The minimum absolute atomic E-state index is 0.416. The number of hydrogen-bond acceptors (Lipinski definition) is 5. The zero-order valence-corrected chi connectivity index (χ0v) is 11.3. The molecule has 0 aliphatic rings. The predicted molar refractivity (Wildman–Crippen MR) is 70.9 cm³/mol. The second-order valence-corrected chi connectivity index (χ2v) is 4.02. The maximum absolute atomic E-state index is 11.6. The summed E-state index contributed by atoms with van der Waals surface area (Å²) in [6.45, 7) is 1.85.